The average Bonchev–Trinajstić information content (AvgIpc) is 2.85. The second-order valence-corrected chi connectivity index (χ2v) is 13.2. The van der Waals surface area contributed by atoms with Crippen LogP contribution in [0.3, 0.4) is 0 Å². The van der Waals surface area contributed by atoms with Crippen molar-refractivity contribution in [3.63, 3.8) is 0 Å². The lowest BCUT2D eigenvalue weighted by atomic mass is 9.76. The number of nitrogens with one attached hydrogen (secondary N) is 1. The van der Waals surface area contributed by atoms with Crippen LogP contribution in [-0.4, -0.2) is 64.6 Å². The number of halogens is 3. The van der Waals surface area contributed by atoms with Crippen LogP contribution in [0.4, 0.5) is 0 Å². The van der Waals surface area contributed by atoms with Gasteiger partial charge < -0.3 is 15.0 Å². The van der Waals surface area contributed by atoms with Crippen LogP contribution in [-0.2, 0) is 19.6 Å². The van der Waals surface area contributed by atoms with E-state index in [0.717, 1.165) is 30.0 Å². The molecule has 3 rings (SSSR count). The van der Waals surface area contributed by atoms with Crippen molar-refractivity contribution in [1.29, 1.82) is 0 Å². The highest BCUT2D eigenvalue weighted by Gasteiger charge is 2.30. The van der Waals surface area contributed by atoms with Gasteiger partial charge in [-0.1, -0.05) is 65.1 Å². The number of hydrogen-bond acceptors (Lipinski definition) is 5. The lowest BCUT2D eigenvalue weighted by Crippen LogP contribution is -2.35. The first-order valence-electron chi connectivity index (χ1n) is 12.7. The van der Waals surface area contributed by atoms with E-state index in [2.05, 4.69) is 54.6 Å². The molecule has 1 atom stereocenters. The van der Waals surface area contributed by atoms with Crippen molar-refractivity contribution in [3.05, 3.63) is 63.1 Å². The zero-order valence-electron chi connectivity index (χ0n) is 22.0. The molecule has 1 N–H and O–H groups in total. The van der Waals surface area contributed by atoms with Crippen LogP contribution < -0.4 is 5.32 Å². The summed E-state index contributed by atoms with van der Waals surface area (Å²) in [5.74, 6) is 0.940. The lowest BCUT2D eigenvalue weighted by Gasteiger charge is -2.37. The smallest absolute Gasteiger partial charge is 0.247 e. The summed E-state index contributed by atoms with van der Waals surface area (Å²) >= 11 is 18.0. The molecule has 0 heterocycles. The zero-order valence-corrected chi connectivity index (χ0v) is 25.1. The van der Waals surface area contributed by atoms with Crippen LogP contribution in [0.25, 0.3) is 0 Å². The maximum atomic E-state index is 12.8. The maximum Gasteiger partial charge on any atom is 0.247 e. The number of hydrogen-bond donors (Lipinski definition) is 1. The Labute approximate surface area is 241 Å². The van der Waals surface area contributed by atoms with E-state index in [-0.39, 0.29) is 45.6 Å². The molecule has 210 valence electrons. The molecule has 1 amide bonds. The fourth-order valence-electron chi connectivity index (χ4n) is 5.06. The summed E-state index contributed by atoms with van der Waals surface area (Å²) in [6.45, 7) is 0.483. The lowest BCUT2D eigenvalue weighted by molar-refractivity contribution is -0.122. The summed E-state index contributed by atoms with van der Waals surface area (Å²) in [4.78, 5) is 14.4. The molecular weight excluding hydrogens is 569 g/mol. The van der Waals surface area contributed by atoms with Gasteiger partial charge in [0, 0.05) is 24.7 Å². The van der Waals surface area contributed by atoms with Gasteiger partial charge in [-0.15, -0.1) is 0 Å². The first-order valence-corrected chi connectivity index (χ1v) is 15.2. The number of rotatable bonds is 12. The van der Waals surface area contributed by atoms with Crippen molar-refractivity contribution < 1.29 is 17.9 Å². The molecule has 0 aliphatic heterocycles. The molecule has 1 saturated carbocycles. The van der Waals surface area contributed by atoms with Crippen molar-refractivity contribution in [2.75, 3.05) is 41.0 Å². The molecule has 1 unspecified atom stereocenters. The minimum atomic E-state index is -3.99. The summed E-state index contributed by atoms with van der Waals surface area (Å²) in [5.41, 5.74) is 1.35. The van der Waals surface area contributed by atoms with E-state index in [1.807, 2.05) is 0 Å². The van der Waals surface area contributed by atoms with Gasteiger partial charge in [-0.25, -0.2) is 8.42 Å². The quantitative estimate of drug-likeness (QED) is 0.243. The molecule has 38 heavy (non-hydrogen) atoms. The highest BCUT2D eigenvalue weighted by Crippen LogP contribution is 2.39. The highest BCUT2D eigenvalue weighted by molar-refractivity contribution is 7.89. The SMILES string of the molecule is CN(C)C(c1ccccc1)C1CCC(CNC(=O)CCOCN(C)S(=O)(=O)c2c(Cl)cc(Cl)cc2Cl)CC1. The third-order valence-corrected chi connectivity index (χ3v) is 9.92. The third-order valence-electron chi connectivity index (χ3n) is 7.00. The molecule has 2 aromatic rings. The van der Waals surface area contributed by atoms with Crippen LogP contribution in [0.15, 0.2) is 47.4 Å². The summed E-state index contributed by atoms with van der Waals surface area (Å²) in [6, 6.07) is 13.7. The van der Waals surface area contributed by atoms with Crippen molar-refractivity contribution in [2.24, 2.45) is 11.8 Å². The van der Waals surface area contributed by atoms with Gasteiger partial charge in [-0.05, 0) is 69.3 Å². The normalized spacial score (nSPS) is 19.1. The van der Waals surface area contributed by atoms with E-state index in [1.165, 1.54) is 24.7 Å². The van der Waals surface area contributed by atoms with Gasteiger partial charge in [0.2, 0.25) is 15.9 Å². The van der Waals surface area contributed by atoms with Crippen LogP contribution >= 0.6 is 34.8 Å². The average molecular weight is 605 g/mol. The molecule has 7 nitrogen and oxygen atoms in total. The fraction of sp³-hybridized carbons (Fsp3) is 0.519. The zero-order chi connectivity index (χ0) is 27.9. The first-order chi connectivity index (χ1) is 18.0. The van der Waals surface area contributed by atoms with Gasteiger partial charge in [-0.3, -0.25) is 4.79 Å². The molecule has 0 spiro atoms. The second kappa shape index (κ2) is 14.3. The van der Waals surface area contributed by atoms with E-state index in [1.54, 1.807) is 0 Å². The Balaban J connectivity index is 1.38. The van der Waals surface area contributed by atoms with E-state index >= 15 is 0 Å². The summed E-state index contributed by atoms with van der Waals surface area (Å²) < 4.78 is 32.1. The monoisotopic (exact) mass is 603 g/mol. The molecule has 0 aromatic heterocycles. The van der Waals surface area contributed by atoms with Crippen LogP contribution in [0.5, 0.6) is 0 Å². The molecule has 1 aliphatic carbocycles. The number of carbonyl (C=O) groups excluding carboxylic acids is 1. The van der Waals surface area contributed by atoms with Crippen molar-refractivity contribution >= 4 is 50.7 Å². The van der Waals surface area contributed by atoms with E-state index in [4.69, 9.17) is 39.5 Å². The molecule has 1 aliphatic rings. The Bertz CT molecular complexity index is 1150. The van der Waals surface area contributed by atoms with E-state index in [0.29, 0.717) is 24.4 Å². The second-order valence-electron chi connectivity index (χ2n) is 9.99. The Kier molecular flexibility index (Phi) is 11.7. The topological polar surface area (TPSA) is 79.0 Å². The predicted molar refractivity (Wildman–Crippen MR) is 153 cm³/mol. The van der Waals surface area contributed by atoms with Crippen LogP contribution in [0.1, 0.15) is 43.7 Å². The third kappa shape index (κ3) is 8.31. The maximum absolute atomic E-state index is 12.8. The van der Waals surface area contributed by atoms with Gasteiger partial charge in [0.25, 0.3) is 0 Å². The molecular formula is C27H36Cl3N3O4S. The summed E-state index contributed by atoms with van der Waals surface area (Å²) in [5, 5.41) is 3.11. The molecule has 0 bridgehead atoms. The molecule has 0 radical (unpaired) electrons. The van der Waals surface area contributed by atoms with Crippen molar-refractivity contribution in [2.45, 2.75) is 43.0 Å². The number of amides is 1. The van der Waals surface area contributed by atoms with Gasteiger partial charge in [-0.2, -0.15) is 4.31 Å². The number of ether oxygens (including phenoxy) is 1. The van der Waals surface area contributed by atoms with Gasteiger partial charge >= 0.3 is 0 Å². The predicted octanol–water partition coefficient (Wildman–Crippen LogP) is 5.86. The number of carbonyl (C=O) groups is 1. The minimum Gasteiger partial charge on any atom is -0.365 e. The Morgan fingerprint density at radius 1 is 1.03 bits per heavy atom. The van der Waals surface area contributed by atoms with Crippen LogP contribution in [0, 0.1) is 11.8 Å². The summed E-state index contributed by atoms with van der Waals surface area (Å²) in [7, 11) is 1.64. The van der Waals surface area contributed by atoms with Crippen molar-refractivity contribution in [1.82, 2.24) is 14.5 Å². The standard InChI is InChI=1S/C27H36Cl3N3O4S/c1-32(2)26(20-7-5-4-6-8-20)21-11-9-19(10-12-21)17-31-25(34)13-14-37-18-33(3)38(35,36)27-23(29)15-22(28)16-24(27)30/h4-8,15-16,19,21,26H,9-14,17-18H2,1-3H3,(H,31,34). The fourth-order valence-corrected chi connectivity index (χ4v) is 7.59. The Hall–Kier alpha value is -1.39. The number of sulfonamides is 1. The van der Waals surface area contributed by atoms with Gasteiger partial charge in [0.1, 0.15) is 11.6 Å². The molecule has 0 saturated heterocycles. The van der Waals surface area contributed by atoms with Gasteiger partial charge in [0.05, 0.1) is 23.1 Å². The van der Waals surface area contributed by atoms with Crippen LogP contribution in [0.2, 0.25) is 15.1 Å². The Morgan fingerprint density at radius 3 is 2.21 bits per heavy atom. The Morgan fingerprint density at radius 2 is 1.63 bits per heavy atom. The minimum absolute atomic E-state index is 0.0694. The van der Waals surface area contributed by atoms with Crippen molar-refractivity contribution in [3.8, 4) is 0 Å². The summed E-state index contributed by atoms with van der Waals surface area (Å²) in [6.07, 6.45) is 4.56. The number of benzene rings is 2. The molecule has 2 aromatic carbocycles. The highest BCUT2D eigenvalue weighted by atomic mass is 35.5. The van der Waals surface area contributed by atoms with Gasteiger partial charge in [0.15, 0.2) is 0 Å². The van der Waals surface area contributed by atoms with E-state index in [9.17, 15) is 13.2 Å². The molecule has 1 fully saturated rings. The number of nitrogens with zero attached hydrogens (tertiary/aromatic N) is 2. The molecule has 11 heteroatoms. The van der Waals surface area contributed by atoms with E-state index < -0.39 is 10.0 Å². The first kappa shape index (κ1) is 31.1. The largest absolute Gasteiger partial charge is 0.365 e.